The number of anilines is 2. The average molecular weight is 458 g/mol. The van der Waals surface area contributed by atoms with Crippen molar-refractivity contribution in [3.05, 3.63) is 78.6 Å². The number of carbonyl (C=O) groups is 1. The molecule has 12 heteroatoms. The summed E-state index contributed by atoms with van der Waals surface area (Å²) in [7, 11) is 0. The molecular formula is C21H14F4N6O2. The van der Waals surface area contributed by atoms with Crippen LogP contribution in [0, 0.1) is 5.82 Å². The van der Waals surface area contributed by atoms with Gasteiger partial charge in [-0.15, -0.1) is 0 Å². The molecule has 168 valence electrons. The number of aromatic nitrogens is 4. The molecule has 0 radical (unpaired) electrons. The van der Waals surface area contributed by atoms with Crippen molar-refractivity contribution >= 4 is 17.4 Å². The Hall–Kier alpha value is -4.48. The van der Waals surface area contributed by atoms with Gasteiger partial charge < -0.3 is 15.4 Å². The molecule has 0 saturated heterocycles. The number of hydrogen-bond acceptors (Lipinski definition) is 5. The molecule has 0 atom stereocenters. The third-order valence-electron chi connectivity index (χ3n) is 4.31. The zero-order valence-corrected chi connectivity index (χ0v) is 16.5. The maximum atomic E-state index is 14.2. The number of aromatic amines is 1. The van der Waals surface area contributed by atoms with E-state index in [1.54, 1.807) is 18.5 Å². The van der Waals surface area contributed by atoms with Crippen molar-refractivity contribution in [1.82, 2.24) is 20.2 Å². The summed E-state index contributed by atoms with van der Waals surface area (Å²) >= 11 is 0. The number of carbonyl (C=O) groups excluding carboxylic acids is 1. The van der Waals surface area contributed by atoms with Gasteiger partial charge in [0.1, 0.15) is 17.9 Å². The molecule has 0 fully saturated rings. The van der Waals surface area contributed by atoms with Crippen LogP contribution in [0.5, 0.6) is 11.6 Å². The van der Waals surface area contributed by atoms with E-state index >= 15 is 0 Å². The van der Waals surface area contributed by atoms with Crippen molar-refractivity contribution in [2.45, 2.75) is 6.18 Å². The van der Waals surface area contributed by atoms with E-state index in [4.69, 9.17) is 4.74 Å². The molecule has 2 aromatic heterocycles. The second kappa shape index (κ2) is 8.94. The summed E-state index contributed by atoms with van der Waals surface area (Å²) < 4.78 is 57.7. The highest BCUT2D eigenvalue weighted by Crippen LogP contribution is 2.30. The Labute approximate surface area is 183 Å². The van der Waals surface area contributed by atoms with Crippen molar-refractivity contribution in [2.24, 2.45) is 0 Å². The third kappa shape index (κ3) is 5.42. The molecule has 0 aliphatic carbocycles. The molecule has 0 aliphatic rings. The third-order valence-corrected chi connectivity index (χ3v) is 4.31. The van der Waals surface area contributed by atoms with E-state index in [0.29, 0.717) is 11.3 Å². The zero-order chi connectivity index (χ0) is 23.4. The minimum Gasteiger partial charge on any atom is -0.439 e. The number of hydrogen-bond donors (Lipinski definition) is 3. The fourth-order valence-electron chi connectivity index (χ4n) is 2.76. The molecule has 4 rings (SSSR count). The number of H-pyrrole nitrogens is 1. The van der Waals surface area contributed by atoms with Gasteiger partial charge in [-0.3, -0.25) is 5.10 Å². The minimum absolute atomic E-state index is 0.0982. The smallest absolute Gasteiger partial charge is 0.416 e. The number of amides is 2. The van der Waals surface area contributed by atoms with E-state index in [9.17, 15) is 22.4 Å². The van der Waals surface area contributed by atoms with Crippen molar-refractivity contribution in [3.63, 3.8) is 0 Å². The monoisotopic (exact) mass is 458 g/mol. The lowest BCUT2D eigenvalue weighted by Gasteiger charge is -2.11. The van der Waals surface area contributed by atoms with Gasteiger partial charge in [0, 0.05) is 29.6 Å². The van der Waals surface area contributed by atoms with Crippen LogP contribution in [0.25, 0.3) is 11.3 Å². The first kappa shape index (κ1) is 21.7. The number of urea groups is 1. The Morgan fingerprint density at radius 1 is 1.00 bits per heavy atom. The summed E-state index contributed by atoms with van der Waals surface area (Å²) in [6.45, 7) is 0. The van der Waals surface area contributed by atoms with Crippen LogP contribution in [0.2, 0.25) is 0 Å². The predicted molar refractivity (Wildman–Crippen MR) is 110 cm³/mol. The molecule has 8 nitrogen and oxygen atoms in total. The molecule has 0 unspecified atom stereocenters. The number of nitrogens with zero attached hydrogens (tertiary/aromatic N) is 3. The maximum Gasteiger partial charge on any atom is 0.416 e. The number of ether oxygens (including phenoxy) is 1. The molecule has 0 spiro atoms. The molecule has 3 N–H and O–H groups in total. The molecule has 4 aromatic rings. The molecular weight excluding hydrogens is 444 g/mol. The molecule has 0 aliphatic heterocycles. The molecule has 2 amide bonds. The number of rotatable bonds is 5. The molecule has 33 heavy (non-hydrogen) atoms. The Bertz CT molecular complexity index is 1260. The highest BCUT2D eigenvalue weighted by atomic mass is 19.4. The summed E-state index contributed by atoms with van der Waals surface area (Å²) in [4.78, 5) is 20.3. The normalized spacial score (nSPS) is 11.2. The van der Waals surface area contributed by atoms with E-state index in [0.717, 1.165) is 30.3 Å². The van der Waals surface area contributed by atoms with Crippen molar-refractivity contribution < 1.29 is 27.1 Å². The fourth-order valence-corrected chi connectivity index (χ4v) is 2.76. The van der Waals surface area contributed by atoms with Gasteiger partial charge in [0.15, 0.2) is 0 Å². The van der Waals surface area contributed by atoms with E-state index in [2.05, 4.69) is 30.8 Å². The van der Waals surface area contributed by atoms with E-state index in [1.807, 2.05) is 0 Å². The highest BCUT2D eigenvalue weighted by Gasteiger charge is 2.30. The van der Waals surface area contributed by atoms with E-state index in [-0.39, 0.29) is 23.0 Å². The van der Waals surface area contributed by atoms with E-state index in [1.165, 1.54) is 18.5 Å². The standard InChI is InChI=1S/C21H14F4N6O2/c22-16-6-5-15(33-19-8-17(26-11-27-19)12-9-28-29-10-12)7-18(16)31-20(32)30-14-3-1-13(2-4-14)21(23,24)25/h1-11H,(H,28,29)(H2,30,31,32). The quantitative estimate of drug-likeness (QED) is 0.345. The van der Waals surface area contributed by atoms with Crippen LogP contribution in [0.3, 0.4) is 0 Å². The van der Waals surface area contributed by atoms with Gasteiger partial charge in [-0.1, -0.05) is 0 Å². The zero-order valence-electron chi connectivity index (χ0n) is 16.5. The van der Waals surface area contributed by atoms with Gasteiger partial charge in [-0.05, 0) is 36.4 Å². The highest BCUT2D eigenvalue weighted by molar-refractivity contribution is 5.99. The topological polar surface area (TPSA) is 105 Å². The summed E-state index contributed by atoms with van der Waals surface area (Å²) in [5.74, 6) is -0.391. The molecule has 2 heterocycles. The minimum atomic E-state index is -4.49. The Morgan fingerprint density at radius 2 is 1.79 bits per heavy atom. The summed E-state index contributed by atoms with van der Waals surface area (Å²) in [5.41, 5.74) is 0.292. The van der Waals surface area contributed by atoms with Crippen LogP contribution in [-0.4, -0.2) is 26.2 Å². The summed E-state index contributed by atoms with van der Waals surface area (Å²) in [6.07, 6.45) is 0.00773. The number of alkyl halides is 3. The van der Waals surface area contributed by atoms with Gasteiger partial charge in [0.25, 0.3) is 0 Å². The lowest BCUT2D eigenvalue weighted by molar-refractivity contribution is -0.137. The van der Waals surface area contributed by atoms with Gasteiger partial charge in [0.05, 0.1) is 23.1 Å². The van der Waals surface area contributed by atoms with Gasteiger partial charge in [-0.25, -0.2) is 19.2 Å². The Balaban J connectivity index is 1.44. The van der Waals surface area contributed by atoms with Gasteiger partial charge >= 0.3 is 12.2 Å². The summed E-state index contributed by atoms with van der Waals surface area (Å²) in [6, 6.07) is 8.19. The summed E-state index contributed by atoms with van der Waals surface area (Å²) in [5, 5.41) is 11.1. The maximum absolute atomic E-state index is 14.2. The second-order valence-electron chi connectivity index (χ2n) is 6.63. The van der Waals surface area contributed by atoms with Crippen molar-refractivity contribution in [2.75, 3.05) is 10.6 Å². The first-order valence-corrected chi connectivity index (χ1v) is 9.32. The largest absolute Gasteiger partial charge is 0.439 e. The van der Waals surface area contributed by atoms with E-state index < -0.39 is 23.6 Å². The number of halogens is 4. The molecule has 0 bridgehead atoms. The van der Waals surface area contributed by atoms with Crippen molar-refractivity contribution in [1.29, 1.82) is 0 Å². The Kier molecular flexibility index (Phi) is 5.89. The first-order valence-electron chi connectivity index (χ1n) is 9.32. The van der Waals surface area contributed by atoms with Crippen LogP contribution < -0.4 is 15.4 Å². The number of benzene rings is 2. The number of nitrogens with one attached hydrogen (secondary N) is 3. The van der Waals surface area contributed by atoms with Crippen LogP contribution in [0.4, 0.5) is 33.7 Å². The lowest BCUT2D eigenvalue weighted by Crippen LogP contribution is -2.20. The average Bonchev–Trinajstić information content (AvgIpc) is 3.31. The van der Waals surface area contributed by atoms with Crippen LogP contribution in [0.1, 0.15) is 5.56 Å². The Morgan fingerprint density at radius 3 is 2.48 bits per heavy atom. The SMILES string of the molecule is O=C(Nc1ccc(C(F)(F)F)cc1)Nc1cc(Oc2cc(-c3cn[nH]c3)ncn2)ccc1F. The van der Waals surface area contributed by atoms with Crippen molar-refractivity contribution in [3.8, 4) is 22.9 Å². The lowest BCUT2D eigenvalue weighted by atomic mass is 10.2. The fraction of sp³-hybridized carbons (Fsp3) is 0.0476. The molecule has 0 saturated carbocycles. The van der Waals surface area contributed by atoms with Crippen LogP contribution in [-0.2, 0) is 6.18 Å². The second-order valence-corrected chi connectivity index (χ2v) is 6.63. The first-order chi connectivity index (χ1) is 15.8. The van der Waals surface area contributed by atoms with Crippen LogP contribution in [0.15, 0.2) is 67.3 Å². The van der Waals surface area contributed by atoms with Gasteiger partial charge in [-0.2, -0.15) is 18.3 Å². The predicted octanol–water partition coefficient (Wildman–Crippen LogP) is 5.46. The molecule has 2 aromatic carbocycles. The van der Waals surface area contributed by atoms with Crippen LogP contribution >= 0.6 is 0 Å². The van der Waals surface area contributed by atoms with Gasteiger partial charge in [0.2, 0.25) is 5.88 Å².